The predicted molar refractivity (Wildman–Crippen MR) is 54.4 cm³/mol. The molecule has 0 spiro atoms. The quantitative estimate of drug-likeness (QED) is 0.447. The highest BCUT2D eigenvalue weighted by molar-refractivity contribution is 5.40. The first-order valence-corrected chi connectivity index (χ1v) is 4.47. The third-order valence-electron chi connectivity index (χ3n) is 2.07. The van der Waals surface area contributed by atoms with Crippen molar-refractivity contribution in [3.05, 3.63) is 39.4 Å². The van der Waals surface area contributed by atoms with E-state index in [1.54, 1.807) is 6.92 Å². The molecule has 0 aliphatic carbocycles. The van der Waals surface area contributed by atoms with Gasteiger partial charge in [0.2, 0.25) is 0 Å². The molecular formula is C10H10N2O4. The molecule has 6 nitrogen and oxygen atoms in total. The van der Waals surface area contributed by atoms with Crippen molar-refractivity contribution in [3.63, 3.8) is 0 Å². The second-order valence-corrected chi connectivity index (χ2v) is 3.38. The zero-order chi connectivity index (χ0) is 12.3. The van der Waals surface area contributed by atoms with Crippen LogP contribution in [0.15, 0.2) is 18.2 Å². The van der Waals surface area contributed by atoms with Gasteiger partial charge in [-0.2, -0.15) is 5.26 Å². The molecule has 1 aromatic carbocycles. The van der Waals surface area contributed by atoms with Crippen LogP contribution in [0.4, 0.5) is 5.69 Å². The molecule has 0 aromatic heterocycles. The molecule has 6 heteroatoms. The van der Waals surface area contributed by atoms with Crippen LogP contribution in [0.25, 0.3) is 0 Å². The van der Waals surface area contributed by atoms with Gasteiger partial charge in [-0.15, -0.1) is 0 Å². The Morgan fingerprint density at radius 2 is 2.06 bits per heavy atom. The molecule has 0 heterocycles. The van der Waals surface area contributed by atoms with Gasteiger partial charge in [-0.25, -0.2) is 0 Å². The summed E-state index contributed by atoms with van der Waals surface area (Å²) in [6, 6.07) is 5.43. The lowest BCUT2D eigenvalue weighted by Gasteiger charge is -2.12. The lowest BCUT2D eigenvalue weighted by molar-refractivity contribution is -0.385. The number of benzene rings is 1. The van der Waals surface area contributed by atoms with Crippen LogP contribution in [0, 0.1) is 28.4 Å². The van der Waals surface area contributed by atoms with E-state index in [2.05, 4.69) is 0 Å². The average Bonchev–Trinajstić information content (AvgIpc) is 2.26. The standard InChI is InChI=1S/C10H10N2O4/c1-6-2-7(10(14)9(13)5-11)4-8(3-6)12(15)16/h2-4,9-10,13-14H,1H3. The van der Waals surface area contributed by atoms with Crippen molar-refractivity contribution < 1.29 is 15.1 Å². The second-order valence-electron chi connectivity index (χ2n) is 3.38. The molecular weight excluding hydrogens is 212 g/mol. The third kappa shape index (κ3) is 2.53. The summed E-state index contributed by atoms with van der Waals surface area (Å²) >= 11 is 0. The number of aryl methyl sites for hydroxylation is 1. The van der Waals surface area contributed by atoms with E-state index in [1.807, 2.05) is 0 Å². The minimum absolute atomic E-state index is 0.153. The zero-order valence-corrected chi connectivity index (χ0v) is 8.49. The van der Waals surface area contributed by atoms with Crippen LogP contribution in [0.1, 0.15) is 17.2 Å². The van der Waals surface area contributed by atoms with Crippen LogP contribution < -0.4 is 0 Å². The highest BCUT2D eigenvalue weighted by Crippen LogP contribution is 2.23. The minimum Gasteiger partial charge on any atom is -0.385 e. The Labute approximate surface area is 91.5 Å². The molecule has 0 saturated heterocycles. The Balaban J connectivity index is 3.15. The zero-order valence-electron chi connectivity index (χ0n) is 8.49. The first-order chi connectivity index (χ1) is 7.45. The maximum Gasteiger partial charge on any atom is 0.270 e. The molecule has 1 rings (SSSR count). The van der Waals surface area contributed by atoms with Crippen LogP contribution in [0.2, 0.25) is 0 Å². The molecule has 0 aliphatic heterocycles. The number of hydrogen-bond acceptors (Lipinski definition) is 5. The maximum atomic E-state index is 10.6. The molecule has 2 unspecified atom stereocenters. The SMILES string of the molecule is Cc1cc(C(O)C(O)C#N)cc([N+](=O)[O-])c1. The predicted octanol–water partition coefficient (Wildman–Crippen LogP) is 0.821. The van der Waals surface area contributed by atoms with Gasteiger partial charge in [-0.1, -0.05) is 6.07 Å². The topological polar surface area (TPSA) is 107 Å². The van der Waals surface area contributed by atoms with Gasteiger partial charge >= 0.3 is 0 Å². The van der Waals surface area contributed by atoms with Crippen molar-refractivity contribution in [3.8, 4) is 6.07 Å². The van der Waals surface area contributed by atoms with E-state index in [-0.39, 0.29) is 11.3 Å². The molecule has 0 saturated carbocycles. The van der Waals surface area contributed by atoms with Crippen LogP contribution in [-0.2, 0) is 0 Å². The summed E-state index contributed by atoms with van der Waals surface area (Å²) in [5, 5.41) is 37.6. The Kier molecular flexibility index (Phi) is 3.55. The van der Waals surface area contributed by atoms with E-state index in [0.717, 1.165) is 6.07 Å². The first-order valence-electron chi connectivity index (χ1n) is 4.47. The molecule has 16 heavy (non-hydrogen) atoms. The molecule has 0 bridgehead atoms. The van der Waals surface area contributed by atoms with Crippen LogP contribution in [0.3, 0.4) is 0 Å². The van der Waals surface area contributed by atoms with Gasteiger partial charge in [-0.3, -0.25) is 10.1 Å². The van der Waals surface area contributed by atoms with E-state index < -0.39 is 17.1 Å². The summed E-state index contributed by atoms with van der Waals surface area (Å²) in [4.78, 5) is 9.97. The fourth-order valence-corrected chi connectivity index (χ4v) is 1.32. The number of nitro benzene ring substituents is 1. The van der Waals surface area contributed by atoms with Gasteiger partial charge in [0.1, 0.15) is 6.10 Å². The summed E-state index contributed by atoms with van der Waals surface area (Å²) in [6.07, 6.45) is -3.04. The van der Waals surface area contributed by atoms with Gasteiger partial charge in [0.25, 0.3) is 5.69 Å². The molecule has 84 valence electrons. The summed E-state index contributed by atoms with van der Waals surface area (Å²) < 4.78 is 0. The van der Waals surface area contributed by atoms with Crippen molar-refractivity contribution in [1.82, 2.24) is 0 Å². The minimum atomic E-state index is -1.60. The number of nitrogens with zero attached hydrogens (tertiary/aromatic N) is 2. The molecule has 0 radical (unpaired) electrons. The van der Waals surface area contributed by atoms with Crippen molar-refractivity contribution >= 4 is 5.69 Å². The number of non-ortho nitro benzene ring substituents is 1. The fraction of sp³-hybridized carbons (Fsp3) is 0.300. The molecule has 1 aromatic rings. The Morgan fingerprint density at radius 3 is 2.56 bits per heavy atom. The normalized spacial score (nSPS) is 13.9. The summed E-state index contributed by atoms with van der Waals surface area (Å²) in [5.74, 6) is 0. The van der Waals surface area contributed by atoms with Crippen LogP contribution in [-0.4, -0.2) is 21.2 Å². The number of rotatable bonds is 3. The monoisotopic (exact) mass is 222 g/mol. The Morgan fingerprint density at radius 1 is 1.44 bits per heavy atom. The largest absolute Gasteiger partial charge is 0.385 e. The number of nitro groups is 1. The molecule has 0 aliphatic rings. The highest BCUT2D eigenvalue weighted by Gasteiger charge is 2.20. The van der Waals surface area contributed by atoms with Crippen molar-refractivity contribution in [2.45, 2.75) is 19.1 Å². The molecule has 0 amide bonds. The van der Waals surface area contributed by atoms with E-state index in [9.17, 15) is 15.2 Å². The summed E-state index contributed by atoms with van der Waals surface area (Å²) in [5.41, 5.74) is 0.549. The highest BCUT2D eigenvalue weighted by atomic mass is 16.6. The average molecular weight is 222 g/mol. The molecule has 2 atom stereocenters. The maximum absolute atomic E-state index is 10.6. The summed E-state index contributed by atoms with van der Waals surface area (Å²) in [7, 11) is 0. The Hall–Kier alpha value is -1.97. The first kappa shape index (κ1) is 12.1. The van der Waals surface area contributed by atoms with E-state index in [4.69, 9.17) is 10.4 Å². The Bertz CT molecular complexity index is 453. The lowest BCUT2D eigenvalue weighted by atomic mass is 10.0. The smallest absolute Gasteiger partial charge is 0.270 e. The number of hydrogen-bond donors (Lipinski definition) is 2. The van der Waals surface area contributed by atoms with Gasteiger partial charge in [0, 0.05) is 12.1 Å². The van der Waals surface area contributed by atoms with Crippen molar-refractivity contribution in [1.29, 1.82) is 5.26 Å². The van der Waals surface area contributed by atoms with E-state index in [1.165, 1.54) is 18.2 Å². The van der Waals surface area contributed by atoms with Gasteiger partial charge in [0.05, 0.1) is 11.0 Å². The summed E-state index contributed by atoms with van der Waals surface area (Å²) in [6.45, 7) is 1.63. The number of nitriles is 1. The van der Waals surface area contributed by atoms with Crippen LogP contribution >= 0.6 is 0 Å². The van der Waals surface area contributed by atoms with Crippen molar-refractivity contribution in [2.75, 3.05) is 0 Å². The molecule has 2 N–H and O–H groups in total. The third-order valence-corrected chi connectivity index (χ3v) is 2.07. The van der Waals surface area contributed by atoms with Gasteiger partial charge < -0.3 is 10.2 Å². The lowest BCUT2D eigenvalue weighted by Crippen LogP contribution is -2.16. The van der Waals surface area contributed by atoms with E-state index >= 15 is 0 Å². The molecule has 0 fully saturated rings. The fourth-order valence-electron chi connectivity index (χ4n) is 1.32. The second kappa shape index (κ2) is 4.70. The van der Waals surface area contributed by atoms with Crippen molar-refractivity contribution in [2.24, 2.45) is 0 Å². The number of aliphatic hydroxyl groups excluding tert-OH is 2. The number of aliphatic hydroxyl groups is 2. The van der Waals surface area contributed by atoms with Crippen LogP contribution in [0.5, 0.6) is 0 Å². The van der Waals surface area contributed by atoms with E-state index in [0.29, 0.717) is 5.56 Å². The van der Waals surface area contributed by atoms with Gasteiger partial charge in [-0.05, 0) is 18.1 Å². The van der Waals surface area contributed by atoms with Gasteiger partial charge in [0.15, 0.2) is 6.10 Å².